The second kappa shape index (κ2) is 8.02. The van der Waals surface area contributed by atoms with Gasteiger partial charge >= 0.3 is 0 Å². The summed E-state index contributed by atoms with van der Waals surface area (Å²) in [6, 6.07) is 14.8. The molecule has 4 rings (SSSR count). The third-order valence-corrected chi connectivity index (χ3v) is 4.94. The maximum absolute atomic E-state index is 14.4. The van der Waals surface area contributed by atoms with Gasteiger partial charge in [-0.25, -0.2) is 8.78 Å². The molecule has 1 aromatic heterocycles. The summed E-state index contributed by atoms with van der Waals surface area (Å²) in [5, 5.41) is 3.44. The number of pyridine rings is 1. The fourth-order valence-corrected chi connectivity index (χ4v) is 3.44. The molecule has 5 nitrogen and oxygen atoms in total. The standard InChI is InChI=1S/C24H18F2N2O3/c1-14-7-10-22(31-2)20(11-14)27-23(29)18-13-28(21-9-8-15(25)12-19(21)26)24(30)17-6-4-3-5-16(17)18/h3-13H,1-2H3,(H,27,29). The first kappa shape index (κ1) is 20.3. The molecule has 4 aromatic rings. The number of rotatable bonds is 4. The number of nitrogens with one attached hydrogen (secondary N) is 1. The van der Waals surface area contributed by atoms with E-state index >= 15 is 0 Å². The second-order valence-corrected chi connectivity index (χ2v) is 7.02. The van der Waals surface area contributed by atoms with E-state index in [1.807, 2.05) is 13.0 Å². The molecule has 1 N–H and O–H groups in total. The monoisotopic (exact) mass is 420 g/mol. The maximum Gasteiger partial charge on any atom is 0.263 e. The zero-order valence-corrected chi connectivity index (χ0v) is 16.8. The molecule has 156 valence electrons. The fraction of sp³-hybridized carbons (Fsp3) is 0.0833. The van der Waals surface area contributed by atoms with E-state index in [1.54, 1.807) is 36.4 Å². The van der Waals surface area contributed by atoms with E-state index in [-0.39, 0.29) is 16.6 Å². The Morgan fingerprint density at radius 2 is 1.74 bits per heavy atom. The Hall–Kier alpha value is -4.00. The number of aryl methyl sites for hydroxylation is 1. The molecule has 1 heterocycles. The van der Waals surface area contributed by atoms with Crippen molar-refractivity contribution in [3.8, 4) is 11.4 Å². The van der Waals surface area contributed by atoms with Gasteiger partial charge in [0.25, 0.3) is 11.5 Å². The van der Waals surface area contributed by atoms with Gasteiger partial charge in [0, 0.05) is 23.0 Å². The molecular formula is C24H18F2N2O3. The van der Waals surface area contributed by atoms with E-state index in [0.717, 1.165) is 22.3 Å². The Kier molecular flexibility index (Phi) is 5.25. The van der Waals surface area contributed by atoms with Crippen LogP contribution in [0.25, 0.3) is 16.5 Å². The van der Waals surface area contributed by atoms with Gasteiger partial charge in [-0.2, -0.15) is 0 Å². The molecule has 1 amide bonds. The van der Waals surface area contributed by atoms with Crippen LogP contribution >= 0.6 is 0 Å². The van der Waals surface area contributed by atoms with Gasteiger partial charge in [-0.1, -0.05) is 24.3 Å². The number of halogens is 2. The first-order chi connectivity index (χ1) is 14.9. The van der Waals surface area contributed by atoms with Crippen molar-refractivity contribution in [2.24, 2.45) is 0 Å². The van der Waals surface area contributed by atoms with E-state index in [2.05, 4.69) is 5.32 Å². The summed E-state index contributed by atoms with van der Waals surface area (Å²) in [7, 11) is 1.49. The minimum absolute atomic E-state index is 0.153. The van der Waals surface area contributed by atoms with E-state index in [9.17, 15) is 18.4 Å². The summed E-state index contributed by atoms with van der Waals surface area (Å²) in [4.78, 5) is 26.2. The summed E-state index contributed by atoms with van der Waals surface area (Å²) >= 11 is 0. The molecule has 0 saturated carbocycles. The molecule has 0 fully saturated rings. The van der Waals surface area contributed by atoms with Crippen molar-refractivity contribution in [3.63, 3.8) is 0 Å². The van der Waals surface area contributed by atoms with Gasteiger partial charge in [0.2, 0.25) is 0 Å². The van der Waals surface area contributed by atoms with Crippen molar-refractivity contribution in [3.05, 3.63) is 100.0 Å². The third-order valence-electron chi connectivity index (χ3n) is 4.94. The smallest absolute Gasteiger partial charge is 0.263 e. The lowest BCUT2D eigenvalue weighted by Gasteiger charge is -2.15. The van der Waals surface area contributed by atoms with Crippen LogP contribution in [0.1, 0.15) is 15.9 Å². The SMILES string of the molecule is COc1ccc(C)cc1NC(=O)c1cn(-c2ccc(F)cc2F)c(=O)c2ccccc12. The minimum Gasteiger partial charge on any atom is -0.495 e. The number of hydrogen-bond acceptors (Lipinski definition) is 3. The number of amides is 1. The summed E-state index contributed by atoms with van der Waals surface area (Å²) in [5.41, 5.74) is 0.856. The Balaban J connectivity index is 1.90. The number of nitrogens with zero attached hydrogens (tertiary/aromatic N) is 1. The number of hydrogen-bond donors (Lipinski definition) is 1. The largest absolute Gasteiger partial charge is 0.495 e. The molecule has 7 heteroatoms. The third kappa shape index (κ3) is 3.77. The maximum atomic E-state index is 14.4. The number of ether oxygens (including phenoxy) is 1. The lowest BCUT2D eigenvalue weighted by Crippen LogP contribution is -2.23. The van der Waals surface area contributed by atoms with Crippen LogP contribution in [0.15, 0.2) is 71.7 Å². The lowest BCUT2D eigenvalue weighted by molar-refractivity contribution is 0.102. The molecule has 0 saturated heterocycles. The van der Waals surface area contributed by atoms with Gasteiger partial charge in [0.1, 0.15) is 17.4 Å². The highest BCUT2D eigenvalue weighted by atomic mass is 19.1. The van der Waals surface area contributed by atoms with Crippen molar-refractivity contribution in [1.82, 2.24) is 4.57 Å². The first-order valence-electron chi connectivity index (χ1n) is 9.45. The van der Waals surface area contributed by atoms with Crippen molar-refractivity contribution in [1.29, 1.82) is 0 Å². The molecule has 0 bridgehead atoms. The summed E-state index contributed by atoms with van der Waals surface area (Å²) < 4.78 is 34.1. The minimum atomic E-state index is -0.913. The Bertz CT molecular complexity index is 1380. The molecule has 0 aliphatic rings. The summed E-state index contributed by atoms with van der Waals surface area (Å²) in [5.74, 6) is -1.71. The van der Waals surface area contributed by atoms with Crippen molar-refractivity contribution >= 4 is 22.4 Å². The number of anilines is 1. The molecule has 0 aliphatic carbocycles. The highest BCUT2D eigenvalue weighted by molar-refractivity contribution is 6.13. The van der Waals surface area contributed by atoms with Crippen LogP contribution in [-0.2, 0) is 0 Å². The van der Waals surface area contributed by atoms with Crippen LogP contribution < -0.4 is 15.6 Å². The number of methoxy groups -OCH3 is 1. The number of carbonyl (C=O) groups is 1. The van der Waals surface area contributed by atoms with Crippen LogP contribution in [0.3, 0.4) is 0 Å². The molecule has 0 aliphatic heterocycles. The molecule has 0 radical (unpaired) electrons. The van der Waals surface area contributed by atoms with Crippen LogP contribution in [0.4, 0.5) is 14.5 Å². The highest BCUT2D eigenvalue weighted by Crippen LogP contribution is 2.27. The molecule has 0 spiro atoms. The predicted octanol–water partition coefficient (Wildman–Crippen LogP) is 4.84. The number of aromatic nitrogens is 1. The van der Waals surface area contributed by atoms with Gasteiger partial charge in [0.15, 0.2) is 0 Å². The molecule has 3 aromatic carbocycles. The van der Waals surface area contributed by atoms with Crippen LogP contribution in [0.5, 0.6) is 5.75 Å². The Labute approximate surface area is 176 Å². The van der Waals surface area contributed by atoms with Gasteiger partial charge < -0.3 is 10.1 Å². The predicted molar refractivity (Wildman–Crippen MR) is 115 cm³/mol. The summed E-state index contributed by atoms with van der Waals surface area (Å²) in [6.07, 6.45) is 1.26. The first-order valence-corrected chi connectivity index (χ1v) is 9.45. The van der Waals surface area contributed by atoms with Gasteiger partial charge in [-0.05, 0) is 42.8 Å². The molecule has 31 heavy (non-hydrogen) atoms. The number of benzene rings is 3. The van der Waals surface area contributed by atoms with Crippen molar-refractivity contribution in [2.45, 2.75) is 6.92 Å². The van der Waals surface area contributed by atoms with E-state index < -0.39 is 23.1 Å². The van der Waals surface area contributed by atoms with Crippen LogP contribution in [0.2, 0.25) is 0 Å². The highest BCUT2D eigenvalue weighted by Gasteiger charge is 2.18. The molecule has 0 unspecified atom stereocenters. The number of carbonyl (C=O) groups excluding carboxylic acids is 1. The Morgan fingerprint density at radius 3 is 2.45 bits per heavy atom. The normalized spacial score (nSPS) is 10.8. The fourth-order valence-electron chi connectivity index (χ4n) is 3.44. The topological polar surface area (TPSA) is 60.3 Å². The quantitative estimate of drug-likeness (QED) is 0.514. The lowest BCUT2D eigenvalue weighted by atomic mass is 10.1. The zero-order valence-electron chi connectivity index (χ0n) is 16.8. The average Bonchev–Trinajstić information content (AvgIpc) is 2.75. The Morgan fingerprint density at radius 1 is 1.00 bits per heavy atom. The van der Waals surface area contributed by atoms with Crippen molar-refractivity contribution < 1.29 is 18.3 Å². The van der Waals surface area contributed by atoms with Gasteiger partial charge in [0.05, 0.1) is 24.0 Å². The zero-order chi connectivity index (χ0) is 22.1. The van der Waals surface area contributed by atoms with E-state index in [1.165, 1.54) is 13.3 Å². The summed E-state index contributed by atoms with van der Waals surface area (Å²) in [6.45, 7) is 1.88. The number of fused-ring (bicyclic) bond motifs is 1. The molecule has 0 atom stereocenters. The van der Waals surface area contributed by atoms with E-state index in [0.29, 0.717) is 22.9 Å². The van der Waals surface area contributed by atoms with Crippen LogP contribution in [-0.4, -0.2) is 17.6 Å². The average molecular weight is 420 g/mol. The van der Waals surface area contributed by atoms with Crippen LogP contribution in [0, 0.1) is 18.6 Å². The van der Waals surface area contributed by atoms with Crippen molar-refractivity contribution in [2.75, 3.05) is 12.4 Å². The van der Waals surface area contributed by atoms with Gasteiger partial charge in [-0.15, -0.1) is 0 Å². The van der Waals surface area contributed by atoms with Gasteiger partial charge in [-0.3, -0.25) is 14.2 Å². The van der Waals surface area contributed by atoms with E-state index in [4.69, 9.17) is 4.74 Å². The second-order valence-electron chi connectivity index (χ2n) is 7.02. The molecular weight excluding hydrogens is 402 g/mol.